The zero-order chi connectivity index (χ0) is 24.0. The Morgan fingerprint density at radius 3 is 2.57 bits per heavy atom. The molecule has 5 rings (SSSR count). The molecule has 0 saturated carbocycles. The van der Waals surface area contributed by atoms with Crippen LogP contribution in [0, 0.1) is 0 Å². The molecule has 0 aliphatic carbocycles. The van der Waals surface area contributed by atoms with Gasteiger partial charge in [0.2, 0.25) is 5.95 Å². The number of rotatable bonds is 8. The van der Waals surface area contributed by atoms with E-state index in [9.17, 15) is 9.90 Å². The third-order valence-corrected chi connectivity index (χ3v) is 6.15. The predicted octanol–water partition coefficient (Wildman–Crippen LogP) is 5.12. The van der Waals surface area contributed by atoms with Crippen molar-refractivity contribution < 1.29 is 9.90 Å². The second-order valence-electron chi connectivity index (χ2n) is 8.69. The van der Waals surface area contributed by atoms with Gasteiger partial charge in [0.15, 0.2) is 0 Å². The summed E-state index contributed by atoms with van der Waals surface area (Å²) in [7, 11) is 0. The molecule has 0 saturated heterocycles. The van der Waals surface area contributed by atoms with Gasteiger partial charge in [0.1, 0.15) is 5.82 Å². The van der Waals surface area contributed by atoms with Crippen molar-refractivity contribution in [2.24, 2.45) is 0 Å². The standard InChI is InChI=1S/C28H27N5O2/c34-27(35)17-23(16-20-8-3-1-4-9-20)31-28-29-14-13-26(32-28)33-15-7-12-22-19-30-24(18-25(22)33)21-10-5-2-6-11-21/h1-6,8-11,13-14,18-19,23H,7,12,15-17H2,(H,34,35)(H,29,31,32)/t23-/m1/s1. The zero-order valence-corrected chi connectivity index (χ0v) is 19.3. The highest BCUT2D eigenvalue weighted by molar-refractivity contribution is 5.72. The Hall–Kier alpha value is -4.26. The number of nitrogens with zero attached hydrogens (tertiary/aromatic N) is 4. The summed E-state index contributed by atoms with van der Waals surface area (Å²) in [6.45, 7) is 0.838. The van der Waals surface area contributed by atoms with Crippen LogP contribution in [0.25, 0.3) is 11.3 Å². The summed E-state index contributed by atoms with van der Waals surface area (Å²) in [5.41, 5.74) is 5.35. The van der Waals surface area contributed by atoms with Gasteiger partial charge in [-0.1, -0.05) is 60.7 Å². The molecule has 1 atom stereocenters. The fourth-order valence-corrected chi connectivity index (χ4v) is 4.51. The molecular formula is C28H27N5O2. The molecule has 1 aliphatic heterocycles. The van der Waals surface area contributed by atoms with E-state index < -0.39 is 5.97 Å². The van der Waals surface area contributed by atoms with Gasteiger partial charge in [-0.3, -0.25) is 9.78 Å². The fraction of sp³-hybridized carbons (Fsp3) is 0.214. The minimum absolute atomic E-state index is 0.0267. The molecule has 0 unspecified atom stereocenters. The van der Waals surface area contributed by atoms with Crippen molar-refractivity contribution >= 4 is 23.4 Å². The Bertz CT molecular complexity index is 1300. The Labute approximate surface area is 204 Å². The molecule has 35 heavy (non-hydrogen) atoms. The Balaban J connectivity index is 1.41. The number of anilines is 3. The Morgan fingerprint density at radius 2 is 1.80 bits per heavy atom. The third kappa shape index (κ3) is 5.46. The van der Waals surface area contributed by atoms with E-state index >= 15 is 0 Å². The largest absolute Gasteiger partial charge is 0.481 e. The van der Waals surface area contributed by atoms with Crippen LogP contribution in [0.4, 0.5) is 17.5 Å². The molecule has 3 heterocycles. The first-order valence-electron chi connectivity index (χ1n) is 11.8. The highest BCUT2D eigenvalue weighted by Gasteiger charge is 2.22. The van der Waals surface area contributed by atoms with E-state index in [1.54, 1.807) is 6.20 Å². The number of aliphatic carboxylic acids is 1. The Kier molecular flexibility index (Phi) is 6.66. The summed E-state index contributed by atoms with van der Waals surface area (Å²) in [6, 6.07) is 23.7. The van der Waals surface area contributed by atoms with Crippen LogP contribution in [0.2, 0.25) is 0 Å². The molecule has 7 heteroatoms. The Morgan fingerprint density at radius 1 is 1.03 bits per heavy atom. The molecule has 1 aliphatic rings. The van der Waals surface area contributed by atoms with Crippen LogP contribution in [0.1, 0.15) is 24.0 Å². The first-order chi connectivity index (χ1) is 17.2. The number of carboxylic acids is 1. The number of hydrogen-bond donors (Lipinski definition) is 2. The van der Waals surface area contributed by atoms with Crippen LogP contribution in [-0.2, 0) is 17.6 Å². The molecule has 0 spiro atoms. The van der Waals surface area contributed by atoms with Crippen molar-refractivity contribution in [3.05, 3.63) is 96.3 Å². The predicted molar refractivity (Wildman–Crippen MR) is 137 cm³/mol. The molecule has 0 fully saturated rings. The maximum atomic E-state index is 11.5. The van der Waals surface area contributed by atoms with E-state index in [4.69, 9.17) is 4.98 Å². The van der Waals surface area contributed by atoms with E-state index in [1.807, 2.05) is 60.8 Å². The van der Waals surface area contributed by atoms with Gasteiger partial charge in [0, 0.05) is 36.2 Å². The molecule has 2 aromatic heterocycles. The number of carbonyl (C=O) groups is 1. The molecular weight excluding hydrogens is 438 g/mol. The average molecular weight is 466 g/mol. The number of aryl methyl sites for hydroxylation is 1. The van der Waals surface area contributed by atoms with Crippen LogP contribution in [0.15, 0.2) is 85.2 Å². The summed E-state index contributed by atoms with van der Waals surface area (Å²) in [6.07, 6.45) is 6.20. The van der Waals surface area contributed by atoms with Crippen LogP contribution < -0.4 is 10.2 Å². The minimum atomic E-state index is -0.861. The van der Waals surface area contributed by atoms with Crippen molar-refractivity contribution in [1.82, 2.24) is 15.0 Å². The monoisotopic (exact) mass is 465 g/mol. The molecule has 2 N–H and O–H groups in total. The summed E-state index contributed by atoms with van der Waals surface area (Å²) in [5, 5.41) is 12.7. The van der Waals surface area contributed by atoms with Crippen LogP contribution in [-0.4, -0.2) is 38.6 Å². The summed E-state index contributed by atoms with van der Waals surface area (Å²) in [5.74, 6) is 0.345. The van der Waals surface area contributed by atoms with Gasteiger partial charge in [-0.2, -0.15) is 4.98 Å². The SMILES string of the molecule is O=C(O)C[C@@H](Cc1ccccc1)Nc1nccc(N2CCCc3cnc(-c4ccccc4)cc32)n1. The van der Waals surface area contributed by atoms with E-state index in [2.05, 4.69) is 38.4 Å². The third-order valence-electron chi connectivity index (χ3n) is 6.15. The van der Waals surface area contributed by atoms with Crippen molar-refractivity contribution in [3.8, 4) is 11.3 Å². The molecule has 0 radical (unpaired) electrons. The summed E-state index contributed by atoms with van der Waals surface area (Å²) >= 11 is 0. The summed E-state index contributed by atoms with van der Waals surface area (Å²) in [4.78, 5) is 27.5. The number of pyridine rings is 1. The number of hydrogen-bond acceptors (Lipinski definition) is 6. The van der Waals surface area contributed by atoms with Gasteiger partial charge in [0.05, 0.1) is 12.1 Å². The van der Waals surface area contributed by atoms with Crippen molar-refractivity contribution in [1.29, 1.82) is 0 Å². The van der Waals surface area contributed by atoms with Gasteiger partial charge in [0.25, 0.3) is 0 Å². The second-order valence-corrected chi connectivity index (χ2v) is 8.69. The van der Waals surface area contributed by atoms with E-state index in [0.717, 1.165) is 47.7 Å². The molecule has 176 valence electrons. The maximum Gasteiger partial charge on any atom is 0.305 e. The average Bonchev–Trinajstić information content (AvgIpc) is 2.89. The lowest BCUT2D eigenvalue weighted by Crippen LogP contribution is -2.28. The highest BCUT2D eigenvalue weighted by atomic mass is 16.4. The molecule has 0 amide bonds. The van der Waals surface area contributed by atoms with Crippen molar-refractivity contribution in [2.45, 2.75) is 31.7 Å². The number of carboxylic acid groups (broad SMARTS) is 1. The van der Waals surface area contributed by atoms with Crippen LogP contribution in [0.5, 0.6) is 0 Å². The molecule has 0 bridgehead atoms. The minimum Gasteiger partial charge on any atom is -0.481 e. The topological polar surface area (TPSA) is 91.2 Å². The quantitative estimate of drug-likeness (QED) is 0.373. The first-order valence-corrected chi connectivity index (χ1v) is 11.8. The normalized spacial score (nSPS) is 13.7. The van der Waals surface area contributed by atoms with Crippen LogP contribution in [0.3, 0.4) is 0 Å². The molecule has 4 aromatic rings. The van der Waals surface area contributed by atoms with Crippen molar-refractivity contribution in [3.63, 3.8) is 0 Å². The van der Waals surface area contributed by atoms with Gasteiger partial charge >= 0.3 is 5.97 Å². The second kappa shape index (κ2) is 10.3. The highest BCUT2D eigenvalue weighted by Crippen LogP contribution is 2.35. The number of aromatic nitrogens is 3. The summed E-state index contributed by atoms with van der Waals surface area (Å²) < 4.78 is 0. The fourth-order valence-electron chi connectivity index (χ4n) is 4.51. The number of benzene rings is 2. The molecule has 2 aromatic carbocycles. The number of nitrogens with one attached hydrogen (secondary N) is 1. The number of fused-ring (bicyclic) bond motifs is 1. The lowest BCUT2D eigenvalue weighted by molar-refractivity contribution is -0.137. The van der Waals surface area contributed by atoms with Gasteiger partial charge in [-0.25, -0.2) is 4.98 Å². The van der Waals surface area contributed by atoms with E-state index in [1.165, 1.54) is 5.56 Å². The smallest absolute Gasteiger partial charge is 0.305 e. The lowest BCUT2D eigenvalue weighted by atomic mass is 10.0. The lowest BCUT2D eigenvalue weighted by Gasteiger charge is -2.31. The van der Waals surface area contributed by atoms with E-state index in [0.29, 0.717) is 12.4 Å². The maximum absolute atomic E-state index is 11.5. The van der Waals surface area contributed by atoms with Gasteiger partial charge in [-0.05, 0) is 42.5 Å². The van der Waals surface area contributed by atoms with Crippen LogP contribution >= 0.6 is 0 Å². The van der Waals surface area contributed by atoms with E-state index in [-0.39, 0.29) is 12.5 Å². The van der Waals surface area contributed by atoms with Crippen molar-refractivity contribution in [2.75, 3.05) is 16.8 Å². The zero-order valence-electron chi connectivity index (χ0n) is 19.3. The van der Waals surface area contributed by atoms with Gasteiger partial charge < -0.3 is 15.3 Å². The molecule has 7 nitrogen and oxygen atoms in total. The van der Waals surface area contributed by atoms with Gasteiger partial charge in [-0.15, -0.1) is 0 Å². The first kappa shape index (κ1) is 22.5.